The number of fused-ring (bicyclic) bond motifs is 3. The van der Waals surface area contributed by atoms with E-state index in [1.165, 1.54) is 6.33 Å². The Morgan fingerprint density at radius 2 is 1.89 bits per heavy atom. The lowest BCUT2D eigenvalue weighted by Crippen LogP contribution is -2.00. The largest absolute Gasteiger partial charge is 0.252 e. The summed E-state index contributed by atoms with van der Waals surface area (Å²) in [5, 5.41) is 21.0. The van der Waals surface area contributed by atoms with Crippen LogP contribution in [0.25, 0.3) is 39.5 Å². The molecule has 0 amide bonds. The fraction of sp³-hybridized carbons (Fsp3) is 0. The van der Waals surface area contributed by atoms with Crippen LogP contribution in [0.15, 0.2) is 49.7 Å². The Labute approximate surface area is 150 Å². The molecule has 0 aliphatic rings. The first-order valence-corrected chi connectivity index (χ1v) is 7.95. The third-order valence-electron chi connectivity index (χ3n) is 4.21. The van der Waals surface area contributed by atoms with E-state index < -0.39 is 0 Å². The third kappa shape index (κ3) is 2.02. The summed E-state index contributed by atoms with van der Waals surface area (Å²) in [5.74, 6) is 0.491. The standard InChI is InChI=1S/C16H8N11/c1-3-26-16(18-8-22-26)23-12(1)11-7-21-27-9-19-24-15(27)14(11)10-5-13-17-2-4-25(13)20-6-10/h1-4,6-9H. The lowest BCUT2D eigenvalue weighted by atomic mass is 10.0. The van der Waals surface area contributed by atoms with Gasteiger partial charge in [0.25, 0.3) is 5.78 Å². The van der Waals surface area contributed by atoms with Crippen LogP contribution in [0.2, 0.25) is 0 Å². The SMILES string of the molecule is [c]1c(-c2c(-c3ccn4ncnc4n3)cnn3cnnc23)cnn2ccnc12. The predicted octanol–water partition coefficient (Wildman–Crippen LogP) is 0.739. The summed E-state index contributed by atoms with van der Waals surface area (Å²) in [6.07, 6.45) is 11.6. The van der Waals surface area contributed by atoms with Gasteiger partial charge in [-0.1, -0.05) is 0 Å². The molecule has 6 heterocycles. The van der Waals surface area contributed by atoms with Crippen molar-refractivity contribution in [2.75, 3.05) is 0 Å². The number of imidazole rings is 1. The van der Waals surface area contributed by atoms with Gasteiger partial charge < -0.3 is 0 Å². The molecule has 6 rings (SSSR count). The number of aromatic nitrogens is 11. The summed E-state index contributed by atoms with van der Waals surface area (Å²) >= 11 is 0. The van der Waals surface area contributed by atoms with E-state index in [2.05, 4.69) is 46.5 Å². The third-order valence-corrected chi connectivity index (χ3v) is 4.21. The average Bonchev–Trinajstić information content (AvgIpc) is 3.45. The molecule has 0 aliphatic carbocycles. The van der Waals surface area contributed by atoms with Crippen molar-refractivity contribution in [3.8, 4) is 22.4 Å². The van der Waals surface area contributed by atoms with E-state index >= 15 is 0 Å². The number of rotatable bonds is 2. The molecule has 27 heavy (non-hydrogen) atoms. The molecule has 0 N–H and O–H groups in total. The van der Waals surface area contributed by atoms with E-state index in [9.17, 15) is 0 Å². The number of hydrogen-bond acceptors (Lipinski definition) is 8. The molecule has 0 spiro atoms. The van der Waals surface area contributed by atoms with Crippen molar-refractivity contribution in [2.24, 2.45) is 0 Å². The first-order chi connectivity index (χ1) is 13.4. The molecule has 6 aromatic heterocycles. The van der Waals surface area contributed by atoms with Gasteiger partial charge in [0.2, 0.25) is 0 Å². The summed E-state index contributed by atoms with van der Waals surface area (Å²) < 4.78 is 4.83. The molecule has 1 radical (unpaired) electrons. The first-order valence-electron chi connectivity index (χ1n) is 7.95. The molecule has 0 atom stereocenters. The Balaban J connectivity index is 1.68. The fourth-order valence-corrected chi connectivity index (χ4v) is 2.99. The maximum absolute atomic E-state index is 4.57. The van der Waals surface area contributed by atoms with Crippen molar-refractivity contribution < 1.29 is 0 Å². The van der Waals surface area contributed by atoms with Crippen LogP contribution in [0.1, 0.15) is 0 Å². The van der Waals surface area contributed by atoms with Crippen molar-refractivity contribution in [3.05, 3.63) is 55.8 Å². The summed E-state index contributed by atoms with van der Waals surface area (Å²) in [5.41, 5.74) is 4.09. The molecular formula is C16H8N11. The minimum absolute atomic E-state index is 0.491. The molecule has 127 valence electrons. The van der Waals surface area contributed by atoms with Crippen molar-refractivity contribution in [2.45, 2.75) is 0 Å². The van der Waals surface area contributed by atoms with Crippen LogP contribution in [0.3, 0.4) is 0 Å². The van der Waals surface area contributed by atoms with E-state index in [0.717, 1.165) is 11.1 Å². The molecule has 0 fully saturated rings. The van der Waals surface area contributed by atoms with Gasteiger partial charge in [0, 0.05) is 41.3 Å². The van der Waals surface area contributed by atoms with Crippen molar-refractivity contribution in [3.63, 3.8) is 0 Å². The van der Waals surface area contributed by atoms with E-state index in [1.807, 2.05) is 6.07 Å². The molecule has 0 unspecified atom stereocenters. The highest BCUT2D eigenvalue weighted by Crippen LogP contribution is 2.32. The Morgan fingerprint density at radius 3 is 2.89 bits per heavy atom. The van der Waals surface area contributed by atoms with Crippen LogP contribution in [-0.2, 0) is 0 Å². The summed E-state index contributed by atoms with van der Waals surface area (Å²) in [4.78, 5) is 13.0. The Bertz CT molecular complexity index is 1440. The van der Waals surface area contributed by atoms with Crippen LogP contribution in [0.4, 0.5) is 0 Å². The molecule has 11 nitrogen and oxygen atoms in total. The van der Waals surface area contributed by atoms with Gasteiger partial charge in [-0.05, 0) is 6.07 Å². The van der Waals surface area contributed by atoms with Gasteiger partial charge in [-0.15, -0.1) is 10.2 Å². The lowest BCUT2D eigenvalue weighted by molar-refractivity contribution is 0.920. The second-order valence-corrected chi connectivity index (χ2v) is 5.73. The van der Waals surface area contributed by atoms with Gasteiger partial charge in [0.15, 0.2) is 11.3 Å². The van der Waals surface area contributed by atoms with E-state index in [4.69, 9.17) is 0 Å². The molecule has 6 aromatic rings. The van der Waals surface area contributed by atoms with E-state index in [-0.39, 0.29) is 0 Å². The Morgan fingerprint density at radius 1 is 0.926 bits per heavy atom. The maximum Gasteiger partial charge on any atom is 0.252 e. The van der Waals surface area contributed by atoms with Gasteiger partial charge in [-0.25, -0.2) is 19.0 Å². The monoisotopic (exact) mass is 354 g/mol. The van der Waals surface area contributed by atoms with Gasteiger partial charge in [-0.2, -0.15) is 24.8 Å². The molecule has 0 saturated heterocycles. The zero-order chi connectivity index (χ0) is 17.8. The maximum atomic E-state index is 4.57. The molecule has 11 heteroatoms. The zero-order valence-corrected chi connectivity index (χ0v) is 13.5. The molecule has 0 aromatic carbocycles. The van der Waals surface area contributed by atoms with Gasteiger partial charge >= 0.3 is 0 Å². The minimum Gasteiger partial charge on any atom is -0.235 e. The quantitative estimate of drug-likeness (QED) is 0.447. The zero-order valence-electron chi connectivity index (χ0n) is 13.5. The summed E-state index contributed by atoms with van der Waals surface area (Å²) in [7, 11) is 0. The summed E-state index contributed by atoms with van der Waals surface area (Å²) in [6, 6.07) is 5.11. The topological polar surface area (TPSA) is 116 Å². The Kier molecular flexibility index (Phi) is 2.64. The number of nitrogens with zero attached hydrogens (tertiary/aromatic N) is 11. The minimum atomic E-state index is 0.491. The fourth-order valence-electron chi connectivity index (χ4n) is 2.99. The predicted molar refractivity (Wildman–Crippen MR) is 91.4 cm³/mol. The van der Waals surface area contributed by atoms with Crippen molar-refractivity contribution in [1.29, 1.82) is 0 Å². The second kappa shape index (κ2) is 5.11. The molecule has 0 bridgehead atoms. The van der Waals surface area contributed by atoms with Crippen LogP contribution >= 0.6 is 0 Å². The molecule has 0 saturated carbocycles. The smallest absolute Gasteiger partial charge is 0.235 e. The molecule has 0 aliphatic heterocycles. The highest BCUT2D eigenvalue weighted by molar-refractivity contribution is 5.90. The van der Waals surface area contributed by atoms with Crippen LogP contribution in [0, 0.1) is 6.07 Å². The Hall–Kier alpha value is -4.28. The van der Waals surface area contributed by atoms with E-state index in [0.29, 0.717) is 28.3 Å². The number of hydrogen-bond donors (Lipinski definition) is 0. The lowest BCUT2D eigenvalue weighted by Gasteiger charge is -2.09. The van der Waals surface area contributed by atoms with Gasteiger partial charge in [0.1, 0.15) is 12.7 Å². The van der Waals surface area contributed by atoms with Crippen LogP contribution in [-0.4, -0.2) is 54.0 Å². The van der Waals surface area contributed by atoms with Crippen LogP contribution < -0.4 is 0 Å². The molecular weight excluding hydrogens is 346 g/mol. The average molecular weight is 354 g/mol. The van der Waals surface area contributed by atoms with Gasteiger partial charge in [-0.3, -0.25) is 0 Å². The van der Waals surface area contributed by atoms with Crippen molar-refractivity contribution in [1.82, 2.24) is 54.0 Å². The highest BCUT2D eigenvalue weighted by Gasteiger charge is 2.18. The normalized spacial score (nSPS) is 11.7. The first kappa shape index (κ1) is 13.9. The van der Waals surface area contributed by atoms with Crippen molar-refractivity contribution >= 4 is 17.1 Å². The van der Waals surface area contributed by atoms with E-state index in [1.54, 1.807) is 50.9 Å². The van der Waals surface area contributed by atoms with Crippen LogP contribution in [0.5, 0.6) is 0 Å². The summed E-state index contributed by atoms with van der Waals surface area (Å²) in [6.45, 7) is 0. The highest BCUT2D eigenvalue weighted by atomic mass is 15.3. The van der Waals surface area contributed by atoms with Gasteiger partial charge in [0.05, 0.1) is 18.1 Å². The second-order valence-electron chi connectivity index (χ2n) is 5.73.